The fourth-order valence-electron chi connectivity index (χ4n) is 1.86. The second-order valence-corrected chi connectivity index (χ2v) is 5.31. The van der Waals surface area contributed by atoms with E-state index < -0.39 is 12.0 Å². The third-order valence-corrected chi connectivity index (χ3v) is 3.86. The lowest BCUT2D eigenvalue weighted by atomic mass is 10.1. The van der Waals surface area contributed by atoms with Gasteiger partial charge in [-0.2, -0.15) is 0 Å². The second-order valence-electron chi connectivity index (χ2n) is 4.22. The molecule has 1 aliphatic heterocycles. The number of hydrogen-bond acceptors (Lipinski definition) is 5. The number of para-hydroxylation sites is 1. The number of carboxylic acid groups (broad SMARTS) is 1. The zero-order valence-corrected chi connectivity index (χ0v) is 11.9. The number of carbonyl (C=O) groups is 2. The molecule has 0 saturated carbocycles. The molecule has 0 bridgehead atoms. The van der Waals surface area contributed by atoms with E-state index in [4.69, 9.17) is 9.84 Å². The Labute approximate surface area is 121 Å². The van der Waals surface area contributed by atoms with Crippen molar-refractivity contribution in [2.75, 3.05) is 12.4 Å². The van der Waals surface area contributed by atoms with Gasteiger partial charge in [-0.1, -0.05) is 12.1 Å². The van der Waals surface area contributed by atoms with Gasteiger partial charge in [-0.25, -0.2) is 4.79 Å². The summed E-state index contributed by atoms with van der Waals surface area (Å²) < 4.78 is 5.42. The predicted molar refractivity (Wildman–Crippen MR) is 77.9 cm³/mol. The van der Waals surface area contributed by atoms with E-state index in [1.807, 2.05) is 13.0 Å². The van der Waals surface area contributed by atoms with Crippen LogP contribution in [0.2, 0.25) is 0 Å². The van der Waals surface area contributed by atoms with Crippen molar-refractivity contribution in [1.82, 2.24) is 0 Å². The van der Waals surface area contributed by atoms with Crippen molar-refractivity contribution in [2.24, 2.45) is 4.99 Å². The van der Waals surface area contributed by atoms with Crippen molar-refractivity contribution in [2.45, 2.75) is 19.4 Å². The highest BCUT2D eigenvalue weighted by molar-refractivity contribution is 8.14. The van der Waals surface area contributed by atoms with Crippen LogP contribution >= 0.6 is 11.8 Å². The predicted octanol–water partition coefficient (Wildman–Crippen LogP) is 2.26. The number of benzene rings is 1. The van der Waals surface area contributed by atoms with Gasteiger partial charge in [0, 0.05) is 5.75 Å². The minimum absolute atomic E-state index is 0.105. The van der Waals surface area contributed by atoms with Crippen LogP contribution in [0.4, 0.5) is 0 Å². The number of ketones is 1. The quantitative estimate of drug-likeness (QED) is 0.814. The van der Waals surface area contributed by atoms with E-state index >= 15 is 0 Å². The van der Waals surface area contributed by atoms with Crippen LogP contribution in [-0.4, -0.2) is 40.3 Å². The molecule has 0 radical (unpaired) electrons. The Hall–Kier alpha value is -1.82. The van der Waals surface area contributed by atoms with Crippen LogP contribution in [0.25, 0.3) is 0 Å². The van der Waals surface area contributed by atoms with Crippen molar-refractivity contribution in [3.8, 4) is 5.75 Å². The number of nitrogens with zero attached hydrogens (tertiary/aromatic N) is 1. The standard InChI is InChI=1S/C14H15NO4S/c1-2-19-12-6-4-3-5-9(12)11(16)7-13-15-10(8-20-13)14(17)18/h3-6,10H,2,7-8H2,1H3,(H,17,18). The molecule has 2 rings (SSSR count). The highest BCUT2D eigenvalue weighted by atomic mass is 32.2. The van der Waals surface area contributed by atoms with Gasteiger partial charge >= 0.3 is 5.97 Å². The molecule has 1 aromatic rings. The van der Waals surface area contributed by atoms with Gasteiger partial charge in [-0.15, -0.1) is 11.8 Å². The van der Waals surface area contributed by atoms with Crippen molar-refractivity contribution in [3.63, 3.8) is 0 Å². The molecule has 1 N–H and O–H groups in total. The monoisotopic (exact) mass is 293 g/mol. The lowest BCUT2D eigenvalue weighted by Crippen LogP contribution is -2.17. The van der Waals surface area contributed by atoms with Crippen molar-refractivity contribution in [3.05, 3.63) is 29.8 Å². The Balaban J connectivity index is 2.09. The molecule has 0 spiro atoms. The minimum atomic E-state index is -0.949. The van der Waals surface area contributed by atoms with E-state index in [0.29, 0.717) is 28.7 Å². The maximum absolute atomic E-state index is 12.3. The van der Waals surface area contributed by atoms with Gasteiger partial charge in [0.15, 0.2) is 11.8 Å². The van der Waals surface area contributed by atoms with E-state index in [9.17, 15) is 9.59 Å². The molecule has 1 aromatic carbocycles. The van der Waals surface area contributed by atoms with Gasteiger partial charge in [-0.3, -0.25) is 9.79 Å². The van der Waals surface area contributed by atoms with Gasteiger partial charge in [0.1, 0.15) is 5.75 Å². The maximum Gasteiger partial charge on any atom is 0.329 e. The van der Waals surface area contributed by atoms with Crippen LogP contribution in [0.1, 0.15) is 23.7 Å². The van der Waals surface area contributed by atoms with Crippen LogP contribution in [0.3, 0.4) is 0 Å². The number of carbonyl (C=O) groups excluding carboxylic acids is 1. The van der Waals surface area contributed by atoms with Crippen molar-refractivity contribution < 1.29 is 19.4 Å². The van der Waals surface area contributed by atoms with Crippen molar-refractivity contribution >= 4 is 28.6 Å². The summed E-state index contributed by atoms with van der Waals surface area (Å²) in [6.45, 7) is 2.34. The third kappa shape index (κ3) is 3.39. The summed E-state index contributed by atoms with van der Waals surface area (Å²) in [6, 6.07) is 6.32. The number of carboxylic acids is 1. The molecule has 1 atom stereocenters. The summed E-state index contributed by atoms with van der Waals surface area (Å²) in [7, 11) is 0. The molecule has 0 aromatic heterocycles. The number of rotatable bonds is 6. The van der Waals surface area contributed by atoms with Gasteiger partial charge < -0.3 is 9.84 Å². The molecule has 1 aliphatic rings. The molecule has 0 fully saturated rings. The number of Topliss-reactive ketones (excluding diaryl/α,β-unsaturated/α-hetero) is 1. The molecule has 0 saturated heterocycles. The fourth-order valence-corrected chi connectivity index (χ4v) is 2.86. The first-order valence-corrected chi connectivity index (χ1v) is 7.27. The van der Waals surface area contributed by atoms with Gasteiger partial charge in [0.25, 0.3) is 0 Å². The van der Waals surface area contributed by atoms with Crippen LogP contribution in [-0.2, 0) is 4.79 Å². The van der Waals surface area contributed by atoms with E-state index in [1.165, 1.54) is 11.8 Å². The average Bonchev–Trinajstić information content (AvgIpc) is 2.88. The molecule has 0 amide bonds. The average molecular weight is 293 g/mol. The molecule has 1 unspecified atom stereocenters. The summed E-state index contributed by atoms with van der Waals surface area (Å²) in [5.74, 6) is -0.107. The zero-order chi connectivity index (χ0) is 14.5. The highest BCUT2D eigenvalue weighted by Crippen LogP contribution is 2.25. The summed E-state index contributed by atoms with van der Waals surface area (Å²) in [6.07, 6.45) is 0.124. The minimum Gasteiger partial charge on any atom is -0.493 e. The van der Waals surface area contributed by atoms with Crippen LogP contribution < -0.4 is 4.74 Å². The molecular formula is C14H15NO4S. The topological polar surface area (TPSA) is 76.0 Å². The molecule has 6 heteroatoms. The summed E-state index contributed by atoms with van der Waals surface area (Å²) in [4.78, 5) is 27.1. The molecule has 20 heavy (non-hydrogen) atoms. The highest BCUT2D eigenvalue weighted by Gasteiger charge is 2.26. The Morgan fingerprint density at radius 2 is 2.20 bits per heavy atom. The van der Waals surface area contributed by atoms with Crippen LogP contribution in [0.5, 0.6) is 5.75 Å². The normalized spacial score (nSPS) is 17.6. The summed E-state index contributed by atoms with van der Waals surface area (Å²) in [5, 5.41) is 9.45. The van der Waals surface area contributed by atoms with Gasteiger partial charge in [0.2, 0.25) is 0 Å². The number of hydrogen-bond donors (Lipinski definition) is 1. The Kier molecular flexibility index (Phi) is 4.79. The smallest absolute Gasteiger partial charge is 0.329 e. The molecule has 5 nitrogen and oxygen atoms in total. The van der Waals surface area contributed by atoms with E-state index in [1.54, 1.807) is 18.2 Å². The Morgan fingerprint density at radius 3 is 2.85 bits per heavy atom. The fraction of sp³-hybridized carbons (Fsp3) is 0.357. The van der Waals surface area contributed by atoms with Crippen LogP contribution in [0.15, 0.2) is 29.3 Å². The van der Waals surface area contributed by atoms with Crippen LogP contribution in [0, 0.1) is 0 Å². The lowest BCUT2D eigenvalue weighted by molar-refractivity contribution is -0.137. The first kappa shape index (κ1) is 14.6. The Bertz CT molecular complexity index is 556. The van der Waals surface area contributed by atoms with E-state index in [2.05, 4.69) is 4.99 Å². The van der Waals surface area contributed by atoms with E-state index in [-0.39, 0.29) is 12.2 Å². The second kappa shape index (κ2) is 6.56. The summed E-state index contributed by atoms with van der Waals surface area (Å²) >= 11 is 1.33. The number of thioether (sulfide) groups is 1. The Morgan fingerprint density at radius 1 is 1.45 bits per heavy atom. The molecule has 1 heterocycles. The third-order valence-electron chi connectivity index (χ3n) is 2.79. The molecule has 106 valence electrons. The largest absolute Gasteiger partial charge is 0.493 e. The number of aliphatic carboxylic acids is 1. The molecule has 0 aliphatic carbocycles. The summed E-state index contributed by atoms with van der Waals surface area (Å²) in [5.41, 5.74) is 0.511. The van der Waals surface area contributed by atoms with Gasteiger partial charge in [-0.05, 0) is 19.1 Å². The first-order valence-electron chi connectivity index (χ1n) is 6.29. The SMILES string of the molecule is CCOc1ccccc1C(=O)CC1=NC(C(=O)O)CS1. The lowest BCUT2D eigenvalue weighted by Gasteiger charge is -2.08. The van der Waals surface area contributed by atoms with Gasteiger partial charge in [0.05, 0.1) is 23.6 Å². The van der Waals surface area contributed by atoms with Crippen molar-refractivity contribution in [1.29, 1.82) is 0 Å². The first-order chi connectivity index (χ1) is 9.61. The number of ether oxygens (including phenoxy) is 1. The zero-order valence-electron chi connectivity index (χ0n) is 11.0. The van der Waals surface area contributed by atoms with E-state index in [0.717, 1.165) is 0 Å². The maximum atomic E-state index is 12.3. The number of aliphatic imine (C=N–C) groups is 1. The molecular weight excluding hydrogens is 278 g/mol.